The lowest BCUT2D eigenvalue weighted by atomic mass is 10.1. The van der Waals surface area contributed by atoms with Gasteiger partial charge in [-0.25, -0.2) is 0 Å². The molecule has 1 aliphatic rings. The van der Waals surface area contributed by atoms with Crippen molar-refractivity contribution in [2.75, 3.05) is 0 Å². The Kier molecular flexibility index (Phi) is 2.96. The van der Waals surface area contributed by atoms with Crippen LogP contribution in [0.25, 0.3) is 0 Å². The molecule has 0 saturated heterocycles. The average molecular weight is 249 g/mol. The van der Waals surface area contributed by atoms with Crippen molar-refractivity contribution in [3.63, 3.8) is 0 Å². The lowest BCUT2D eigenvalue weighted by Crippen LogP contribution is -2.42. The molecule has 0 fully saturated rings. The average Bonchev–Trinajstić information content (AvgIpc) is 2.50. The molecule has 18 heavy (non-hydrogen) atoms. The van der Waals surface area contributed by atoms with Crippen molar-refractivity contribution in [1.29, 1.82) is 0 Å². The van der Waals surface area contributed by atoms with E-state index in [2.05, 4.69) is 0 Å². The molecule has 2 rings (SSSR count). The van der Waals surface area contributed by atoms with E-state index in [4.69, 9.17) is 0 Å². The highest BCUT2D eigenvalue weighted by Gasteiger charge is 2.39. The second-order valence-electron chi connectivity index (χ2n) is 4.80. The predicted molar refractivity (Wildman–Crippen MR) is 63.9 cm³/mol. The van der Waals surface area contributed by atoms with E-state index in [1.807, 2.05) is 0 Å². The van der Waals surface area contributed by atoms with Crippen molar-refractivity contribution in [1.82, 2.24) is 4.90 Å². The SMILES string of the molecule is CC(CC(C)(O)O)N1C(=O)c2ccccc2C1=O. The Hall–Kier alpha value is -1.72. The summed E-state index contributed by atoms with van der Waals surface area (Å²) >= 11 is 0. The first kappa shape index (κ1) is 12.7. The van der Waals surface area contributed by atoms with Crippen LogP contribution >= 0.6 is 0 Å². The Morgan fingerprint density at radius 1 is 1.17 bits per heavy atom. The smallest absolute Gasteiger partial charge is 0.261 e. The third-order valence-corrected chi connectivity index (χ3v) is 2.95. The van der Waals surface area contributed by atoms with E-state index in [0.29, 0.717) is 11.1 Å². The maximum atomic E-state index is 12.1. The fourth-order valence-corrected chi connectivity index (χ4v) is 2.26. The van der Waals surface area contributed by atoms with Gasteiger partial charge in [0.1, 0.15) is 0 Å². The van der Waals surface area contributed by atoms with Crippen LogP contribution in [0.3, 0.4) is 0 Å². The van der Waals surface area contributed by atoms with Crippen LogP contribution in [0, 0.1) is 0 Å². The van der Waals surface area contributed by atoms with Crippen LogP contribution in [-0.2, 0) is 0 Å². The standard InChI is InChI=1S/C13H15NO4/c1-8(7-13(2,17)18)14-11(15)9-5-3-4-6-10(9)12(14)16/h3-6,8,17-18H,7H2,1-2H3. The molecule has 0 spiro atoms. The molecular weight excluding hydrogens is 234 g/mol. The van der Waals surface area contributed by atoms with Crippen LogP contribution in [0.5, 0.6) is 0 Å². The Morgan fingerprint density at radius 3 is 2.00 bits per heavy atom. The minimum absolute atomic E-state index is 0.0849. The number of imide groups is 1. The molecule has 1 atom stereocenters. The molecule has 1 aliphatic heterocycles. The second kappa shape index (κ2) is 4.19. The summed E-state index contributed by atoms with van der Waals surface area (Å²) in [6.07, 6.45) is -0.0849. The number of carbonyl (C=O) groups excluding carboxylic acids is 2. The fourth-order valence-electron chi connectivity index (χ4n) is 2.26. The highest BCUT2D eigenvalue weighted by Crippen LogP contribution is 2.26. The summed E-state index contributed by atoms with van der Waals surface area (Å²) in [5, 5.41) is 18.7. The molecule has 2 N–H and O–H groups in total. The van der Waals surface area contributed by atoms with Gasteiger partial charge in [-0.1, -0.05) is 12.1 Å². The topological polar surface area (TPSA) is 77.8 Å². The maximum Gasteiger partial charge on any atom is 0.261 e. The summed E-state index contributed by atoms with van der Waals surface area (Å²) in [7, 11) is 0. The van der Waals surface area contributed by atoms with E-state index < -0.39 is 11.8 Å². The third kappa shape index (κ3) is 2.14. The first-order chi connectivity index (χ1) is 8.31. The molecule has 0 bridgehead atoms. The quantitative estimate of drug-likeness (QED) is 0.612. The molecule has 1 heterocycles. The predicted octanol–water partition coefficient (Wildman–Crippen LogP) is 0.762. The number of hydrogen-bond donors (Lipinski definition) is 2. The van der Waals surface area contributed by atoms with Crippen LogP contribution in [0.4, 0.5) is 0 Å². The van der Waals surface area contributed by atoms with E-state index >= 15 is 0 Å². The zero-order valence-electron chi connectivity index (χ0n) is 10.3. The molecule has 0 aliphatic carbocycles. The van der Waals surface area contributed by atoms with Gasteiger partial charge in [0.25, 0.3) is 11.8 Å². The number of rotatable bonds is 3. The summed E-state index contributed by atoms with van der Waals surface area (Å²) in [6.45, 7) is 2.84. The molecule has 0 radical (unpaired) electrons. The number of fused-ring (bicyclic) bond motifs is 1. The van der Waals surface area contributed by atoms with E-state index in [9.17, 15) is 19.8 Å². The number of aliphatic hydroxyl groups is 2. The summed E-state index contributed by atoms with van der Waals surface area (Å²) < 4.78 is 0. The van der Waals surface area contributed by atoms with Gasteiger partial charge in [0.15, 0.2) is 5.79 Å². The molecule has 1 unspecified atom stereocenters. The van der Waals surface area contributed by atoms with Gasteiger partial charge in [0.2, 0.25) is 0 Å². The van der Waals surface area contributed by atoms with Gasteiger partial charge in [-0.3, -0.25) is 14.5 Å². The number of carbonyl (C=O) groups is 2. The van der Waals surface area contributed by atoms with Crippen LogP contribution in [0.15, 0.2) is 24.3 Å². The number of nitrogens with zero attached hydrogens (tertiary/aromatic N) is 1. The summed E-state index contributed by atoms with van der Waals surface area (Å²) in [5.74, 6) is -2.67. The first-order valence-corrected chi connectivity index (χ1v) is 5.73. The zero-order chi connectivity index (χ0) is 13.5. The van der Waals surface area contributed by atoms with Crippen LogP contribution < -0.4 is 0 Å². The Bertz CT molecular complexity index is 469. The van der Waals surface area contributed by atoms with Crippen molar-refractivity contribution in [2.45, 2.75) is 32.1 Å². The summed E-state index contributed by atoms with van der Waals surface area (Å²) in [6, 6.07) is 6.01. The minimum atomic E-state index is -1.91. The first-order valence-electron chi connectivity index (χ1n) is 5.73. The van der Waals surface area contributed by atoms with E-state index in [0.717, 1.165) is 4.90 Å². The molecule has 1 aromatic rings. The highest BCUT2D eigenvalue weighted by molar-refractivity contribution is 6.21. The fraction of sp³-hybridized carbons (Fsp3) is 0.385. The lowest BCUT2D eigenvalue weighted by Gasteiger charge is -2.27. The van der Waals surface area contributed by atoms with Crippen molar-refractivity contribution in [3.05, 3.63) is 35.4 Å². The highest BCUT2D eigenvalue weighted by atomic mass is 16.5. The minimum Gasteiger partial charge on any atom is -0.366 e. The molecule has 5 nitrogen and oxygen atoms in total. The van der Waals surface area contributed by atoms with Gasteiger partial charge in [-0.15, -0.1) is 0 Å². The molecule has 0 aromatic heterocycles. The number of benzene rings is 1. The van der Waals surface area contributed by atoms with Crippen molar-refractivity contribution < 1.29 is 19.8 Å². The van der Waals surface area contributed by atoms with Crippen molar-refractivity contribution in [2.24, 2.45) is 0 Å². The van der Waals surface area contributed by atoms with Crippen molar-refractivity contribution >= 4 is 11.8 Å². The Morgan fingerprint density at radius 2 is 1.61 bits per heavy atom. The molecule has 96 valence electrons. The summed E-state index contributed by atoms with van der Waals surface area (Å²) in [5.41, 5.74) is 0.735. The molecule has 1 aromatic carbocycles. The van der Waals surface area contributed by atoms with E-state index in [1.165, 1.54) is 6.92 Å². The van der Waals surface area contributed by atoms with Crippen molar-refractivity contribution in [3.8, 4) is 0 Å². The number of amides is 2. The Balaban J connectivity index is 2.29. The summed E-state index contributed by atoms with van der Waals surface area (Å²) in [4.78, 5) is 25.2. The third-order valence-electron chi connectivity index (χ3n) is 2.95. The lowest BCUT2D eigenvalue weighted by molar-refractivity contribution is -0.155. The van der Waals surface area contributed by atoms with Crippen LogP contribution in [0.1, 0.15) is 41.0 Å². The molecule has 5 heteroatoms. The molecular formula is C13H15NO4. The van der Waals surface area contributed by atoms with Gasteiger partial charge >= 0.3 is 0 Å². The zero-order valence-corrected chi connectivity index (χ0v) is 10.3. The van der Waals surface area contributed by atoms with Gasteiger partial charge in [0.05, 0.1) is 11.1 Å². The molecule has 0 saturated carbocycles. The maximum absolute atomic E-state index is 12.1. The normalized spacial score (nSPS) is 17.0. The largest absolute Gasteiger partial charge is 0.366 e. The monoisotopic (exact) mass is 249 g/mol. The van der Waals surface area contributed by atoms with Gasteiger partial charge in [0, 0.05) is 12.5 Å². The van der Waals surface area contributed by atoms with Crippen LogP contribution in [-0.4, -0.2) is 38.8 Å². The van der Waals surface area contributed by atoms with Gasteiger partial charge in [-0.05, 0) is 26.0 Å². The Labute approximate surface area is 105 Å². The van der Waals surface area contributed by atoms with Crippen LogP contribution in [0.2, 0.25) is 0 Å². The van der Waals surface area contributed by atoms with E-state index in [1.54, 1.807) is 31.2 Å². The number of hydrogen-bond acceptors (Lipinski definition) is 4. The molecule has 2 amide bonds. The van der Waals surface area contributed by atoms with E-state index in [-0.39, 0.29) is 18.2 Å². The second-order valence-corrected chi connectivity index (χ2v) is 4.80. The van der Waals surface area contributed by atoms with Gasteiger partial charge in [-0.2, -0.15) is 0 Å². The van der Waals surface area contributed by atoms with Gasteiger partial charge < -0.3 is 10.2 Å².